The Morgan fingerprint density at radius 3 is 2.68 bits per heavy atom. The Hall–Kier alpha value is -3.57. The van der Waals surface area contributed by atoms with E-state index in [2.05, 4.69) is 27.8 Å². The van der Waals surface area contributed by atoms with Crippen molar-refractivity contribution in [3.63, 3.8) is 0 Å². The van der Waals surface area contributed by atoms with E-state index >= 15 is 0 Å². The number of carbonyl (C=O) groups is 4. The number of nitrogens with one attached hydrogen (secondary N) is 4. The van der Waals surface area contributed by atoms with Crippen molar-refractivity contribution in [2.75, 3.05) is 11.9 Å². The number of aliphatic hydroxyl groups is 1. The molecule has 1 aromatic carbocycles. The largest absolute Gasteiger partial charge is 0.372 e. The lowest BCUT2D eigenvalue weighted by Gasteiger charge is -2.29. The molecule has 0 spiro atoms. The minimum Gasteiger partial charge on any atom is -0.372 e. The number of amides is 4. The molecular formula is C26H31ClF2N4O5. The summed E-state index contributed by atoms with van der Waals surface area (Å²) in [5.74, 6) is -4.79. The molecule has 4 amide bonds. The fourth-order valence-corrected chi connectivity index (χ4v) is 3.68. The number of carbonyl (C=O) groups excluding carboxylic acids is 4. The first-order chi connectivity index (χ1) is 17.8. The number of anilines is 1. The second kappa shape index (κ2) is 13.8. The number of urea groups is 1. The zero-order chi connectivity index (χ0) is 28.5. The number of halogens is 3. The van der Waals surface area contributed by atoms with Crippen molar-refractivity contribution in [2.24, 2.45) is 5.92 Å². The van der Waals surface area contributed by atoms with Crippen LogP contribution in [0.4, 0.5) is 19.3 Å². The highest BCUT2D eigenvalue weighted by atomic mass is 35.5. The van der Waals surface area contributed by atoms with Crippen molar-refractivity contribution in [1.29, 1.82) is 0 Å². The normalized spacial score (nSPS) is 19.2. The van der Waals surface area contributed by atoms with Crippen molar-refractivity contribution in [2.45, 2.75) is 51.3 Å². The standard InChI is InChI=1S/C26H31ClF2N4O5/c1-4-26(28,29)12-17-11-18(6-8-20(17)27)31-25(38)30-13-15(2)5-7-19(16(3)14-34)23(36)32-21-9-10-22(35)33-24(21)37/h4-8,11,14,16,21,24,37H,1,9-10,12-13H2,2-3H3,(H,32,36)(H,33,35)(H2,30,31,38)/b15-5+,19-7+. The molecule has 1 heterocycles. The molecule has 1 saturated heterocycles. The van der Waals surface area contributed by atoms with Gasteiger partial charge in [-0.1, -0.05) is 42.8 Å². The summed E-state index contributed by atoms with van der Waals surface area (Å²) < 4.78 is 27.3. The Balaban J connectivity index is 2.00. The Morgan fingerprint density at radius 2 is 2.05 bits per heavy atom. The zero-order valence-corrected chi connectivity index (χ0v) is 21.8. The monoisotopic (exact) mass is 552 g/mol. The maximum Gasteiger partial charge on any atom is 0.319 e. The van der Waals surface area contributed by atoms with Crippen LogP contribution in [-0.4, -0.2) is 54.0 Å². The molecule has 1 fully saturated rings. The lowest BCUT2D eigenvalue weighted by molar-refractivity contribution is -0.130. The van der Waals surface area contributed by atoms with Crippen LogP contribution >= 0.6 is 11.6 Å². The number of aliphatic hydroxyl groups excluding tert-OH is 1. The first kappa shape index (κ1) is 30.7. The van der Waals surface area contributed by atoms with E-state index in [1.165, 1.54) is 31.2 Å². The molecule has 206 valence electrons. The van der Waals surface area contributed by atoms with E-state index in [1.807, 2.05) is 0 Å². The molecule has 0 saturated carbocycles. The van der Waals surface area contributed by atoms with Crippen molar-refractivity contribution in [3.8, 4) is 0 Å². The topological polar surface area (TPSA) is 137 Å². The van der Waals surface area contributed by atoms with Crippen molar-refractivity contribution in [1.82, 2.24) is 16.0 Å². The number of piperidine rings is 1. The van der Waals surface area contributed by atoms with Gasteiger partial charge in [0, 0.05) is 41.6 Å². The predicted molar refractivity (Wildman–Crippen MR) is 140 cm³/mol. The summed E-state index contributed by atoms with van der Waals surface area (Å²) in [5.41, 5.74) is 1.19. The van der Waals surface area contributed by atoms with E-state index in [-0.39, 0.29) is 47.1 Å². The van der Waals surface area contributed by atoms with Crippen LogP contribution < -0.4 is 21.3 Å². The smallest absolute Gasteiger partial charge is 0.319 e. The molecule has 1 aliphatic heterocycles. The summed E-state index contributed by atoms with van der Waals surface area (Å²) in [7, 11) is 0. The van der Waals surface area contributed by atoms with E-state index in [4.69, 9.17) is 11.6 Å². The van der Waals surface area contributed by atoms with E-state index < -0.39 is 42.5 Å². The van der Waals surface area contributed by atoms with E-state index in [1.54, 1.807) is 13.0 Å². The molecular weight excluding hydrogens is 522 g/mol. The van der Waals surface area contributed by atoms with Gasteiger partial charge in [0.25, 0.3) is 5.92 Å². The summed E-state index contributed by atoms with van der Waals surface area (Å²) in [6.07, 6.45) is 2.65. The van der Waals surface area contributed by atoms with Gasteiger partial charge in [0.2, 0.25) is 11.8 Å². The number of hydrogen-bond acceptors (Lipinski definition) is 5. The quantitative estimate of drug-likeness (QED) is 0.124. The Bertz CT molecular complexity index is 1140. The number of benzene rings is 1. The highest BCUT2D eigenvalue weighted by Gasteiger charge is 2.29. The Kier molecular flexibility index (Phi) is 11.2. The van der Waals surface area contributed by atoms with Crippen molar-refractivity contribution in [3.05, 3.63) is 64.7 Å². The fourth-order valence-electron chi connectivity index (χ4n) is 3.49. The fraction of sp³-hybridized carbons (Fsp3) is 0.385. The minimum atomic E-state index is -3.15. The molecule has 0 bridgehead atoms. The van der Waals surface area contributed by atoms with Gasteiger partial charge in [-0.2, -0.15) is 0 Å². The summed E-state index contributed by atoms with van der Waals surface area (Å²) >= 11 is 5.99. The van der Waals surface area contributed by atoms with Gasteiger partial charge in [-0.15, -0.1) is 0 Å². The third-order valence-electron chi connectivity index (χ3n) is 5.75. The molecule has 3 atom stereocenters. The van der Waals surface area contributed by atoms with Gasteiger partial charge < -0.3 is 31.2 Å². The van der Waals surface area contributed by atoms with Gasteiger partial charge in [-0.3, -0.25) is 9.59 Å². The van der Waals surface area contributed by atoms with Gasteiger partial charge in [-0.25, -0.2) is 13.6 Å². The second-order valence-corrected chi connectivity index (χ2v) is 9.35. The van der Waals surface area contributed by atoms with Gasteiger partial charge >= 0.3 is 6.03 Å². The van der Waals surface area contributed by atoms with Crippen LogP contribution in [0.2, 0.25) is 5.02 Å². The maximum absolute atomic E-state index is 13.7. The van der Waals surface area contributed by atoms with Gasteiger partial charge in [0.1, 0.15) is 12.5 Å². The summed E-state index contributed by atoms with van der Waals surface area (Å²) in [6.45, 7) is 6.41. The van der Waals surface area contributed by atoms with Crippen molar-refractivity contribution < 1.29 is 33.1 Å². The molecule has 38 heavy (non-hydrogen) atoms. The molecule has 2 rings (SSSR count). The van der Waals surface area contributed by atoms with Crippen LogP contribution in [0, 0.1) is 5.92 Å². The van der Waals surface area contributed by atoms with Crippen LogP contribution in [0.3, 0.4) is 0 Å². The van der Waals surface area contributed by atoms with Crippen LogP contribution in [0.1, 0.15) is 32.3 Å². The molecule has 0 radical (unpaired) electrons. The zero-order valence-electron chi connectivity index (χ0n) is 21.0. The maximum atomic E-state index is 13.7. The highest BCUT2D eigenvalue weighted by Crippen LogP contribution is 2.28. The minimum absolute atomic E-state index is 0.0784. The molecule has 1 aromatic rings. The van der Waals surface area contributed by atoms with Crippen LogP contribution in [0.15, 0.2) is 54.2 Å². The van der Waals surface area contributed by atoms with E-state index in [9.17, 15) is 33.1 Å². The number of allylic oxidation sites excluding steroid dienone is 3. The predicted octanol–water partition coefficient (Wildman–Crippen LogP) is 3.25. The lowest BCUT2D eigenvalue weighted by Crippen LogP contribution is -2.55. The summed E-state index contributed by atoms with van der Waals surface area (Å²) in [5, 5.41) is 20.2. The van der Waals surface area contributed by atoms with Crippen LogP contribution in [0.5, 0.6) is 0 Å². The summed E-state index contributed by atoms with van der Waals surface area (Å²) in [6, 6.07) is 2.93. The second-order valence-electron chi connectivity index (χ2n) is 8.95. The van der Waals surface area contributed by atoms with E-state index in [0.29, 0.717) is 17.9 Å². The SMILES string of the molecule is C=CC(F)(F)Cc1cc(NC(=O)NC/C(C)=C/C=C(/C(=O)NC2CCC(=O)NC2O)C(C)C=O)ccc1Cl. The molecule has 0 aromatic heterocycles. The van der Waals surface area contributed by atoms with Crippen LogP contribution in [-0.2, 0) is 20.8 Å². The third kappa shape index (κ3) is 9.38. The highest BCUT2D eigenvalue weighted by molar-refractivity contribution is 6.31. The molecule has 5 N–H and O–H groups in total. The van der Waals surface area contributed by atoms with Crippen LogP contribution in [0.25, 0.3) is 0 Å². The Labute approximate surface area is 224 Å². The number of hydrogen-bond donors (Lipinski definition) is 5. The Morgan fingerprint density at radius 1 is 1.34 bits per heavy atom. The molecule has 12 heteroatoms. The summed E-state index contributed by atoms with van der Waals surface area (Å²) in [4.78, 5) is 47.8. The van der Waals surface area contributed by atoms with Gasteiger partial charge in [0.05, 0.1) is 6.04 Å². The number of aldehydes is 1. The van der Waals surface area contributed by atoms with E-state index in [0.717, 1.165) is 0 Å². The average molecular weight is 553 g/mol. The lowest BCUT2D eigenvalue weighted by atomic mass is 9.99. The average Bonchev–Trinajstić information content (AvgIpc) is 2.86. The first-order valence-electron chi connectivity index (χ1n) is 11.8. The molecule has 3 unspecified atom stereocenters. The first-order valence-corrected chi connectivity index (χ1v) is 12.2. The number of rotatable bonds is 11. The molecule has 9 nitrogen and oxygen atoms in total. The van der Waals surface area contributed by atoms with Gasteiger partial charge in [-0.05, 0) is 43.2 Å². The number of alkyl halides is 2. The third-order valence-corrected chi connectivity index (χ3v) is 6.12. The van der Waals surface area contributed by atoms with Gasteiger partial charge in [0.15, 0.2) is 0 Å². The molecule has 0 aliphatic carbocycles. The van der Waals surface area contributed by atoms with Crippen molar-refractivity contribution >= 4 is 41.4 Å². The molecule has 1 aliphatic rings.